The highest BCUT2D eigenvalue weighted by Crippen LogP contribution is 2.38. The van der Waals surface area contributed by atoms with Gasteiger partial charge in [-0.05, 0) is 104 Å². The van der Waals surface area contributed by atoms with Crippen molar-refractivity contribution in [2.24, 2.45) is 0 Å². The van der Waals surface area contributed by atoms with Crippen LogP contribution in [-0.4, -0.2) is 25.0 Å². The van der Waals surface area contributed by atoms with Crippen LogP contribution in [0, 0.1) is 9.39 Å². The van der Waals surface area contributed by atoms with Gasteiger partial charge in [-0.1, -0.05) is 12.1 Å². The molecule has 0 spiro atoms. The summed E-state index contributed by atoms with van der Waals surface area (Å²) in [6, 6.07) is 15.0. The van der Waals surface area contributed by atoms with Gasteiger partial charge in [0, 0.05) is 3.57 Å². The van der Waals surface area contributed by atoms with E-state index in [1.807, 2.05) is 24.3 Å². The van der Waals surface area contributed by atoms with E-state index < -0.39 is 23.7 Å². The number of benzene rings is 3. The standard InChI is InChI=1S/C25H17BrFIN2O5/c1-34-21-12-15(11-20(26)22(21)35-13-14-2-6-17(28)7-3-14)10-19-23(31)29-25(33)30(24(19)32)18-8-4-16(27)5-9-18/h2-12H,13H2,1H3,(H,29,31,33)/b19-10+. The number of hydrogen-bond acceptors (Lipinski definition) is 5. The van der Waals surface area contributed by atoms with Crippen molar-refractivity contribution in [3.63, 3.8) is 0 Å². The van der Waals surface area contributed by atoms with Crippen molar-refractivity contribution in [1.82, 2.24) is 5.32 Å². The number of methoxy groups -OCH3 is 1. The van der Waals surface area contributed by atoms with E-state index in [1.165, 1.54) is 25.3 Å². The Kier molecular flexibility index (Phi) is 7.51. The van der Waals surface area contributed by atoms with E-state index in [4.69, 9.17) is 9.47 Å². The molecule has 1 aliphatic heterocycles. The maximum absolute atomic E-state index is 13.3. The van der Waals surface area contributed by atoms with Crippen LogP contribution in [0.2, 0.25) is 0 Å². The average Bonchev–Trinajstić information content (AvgIpc) is 2.83. The summed E-state index contributed by atoms with van der Waals surface area (Å²) in [4.78, 5) is 38.6. The SMILES string of the molecule is COc1cc(/C=C2\C(=O)NC(=O)N(c3ccc(F)cc3)C2=O)cc(Br)c1OCc1ccc(I)cc1. The number of hydrogen-bond donors (Lipinski definition) is 1. The largest absolute Gasteiger partial charge is 0.493 e. The second kappa shape index (κ2) is 10.6. The van der Waals surface area contributed by atoms with E-state index in [9.17, 15) is 18.8 Å². The lowest BCUT2D eigenvalue weighted by Gasteiger charge is -2.26. The third kappa shape index (κ3) is 5.54. The summed E-state index contributed by atoms with van der Waals surface area (Å²) in [6.07, 6.45) is 1.34. The molecule has 35 heavy (non-hydrogen) atoms. The summed E-state index contributed by atoms with van der Waals surface area (Å²) in [5, 5.41) is 2.14. The number of nitrogens with one attached hydrogen (secondary N) is 1. The van der Waals surface area contributed by atoms with E-state index in [1.54, 1.807) is 12.1 Å². The van der Waals surface area contributed by atoms with E-state index in [-0.39, 0.29) is 11.3 Å². The van der Waals surface area contributed by atoms with Crippen LogP contribution >= 0.6 is 38.5 Å². The molecule has 0 aromatic heterocycles. The lowest BCUT2D eigenvalue weighted by atomic mass is 10.1. The number of ether oxygens (including phenoxy) is 2. The zero-order valence-corrected chi connectivity index (χ0v) is 21.9. The number of rotatable bonds is 6. The Hall–Kier alpha value is -3.25. The number of amides is 4. The number of anilines is 1. The van der Waals surface area contributed by atoms with Gasteiger partial charge < -0.3 is 9.47 Å². The normalized spacial score (nSPS) is 14.8. The number of imide groups is 2. The molecule has 0 unspecified atom stereocenters. The lowest BCUT2D eigenvalue weighted by Crippen LogP contribution is -2.54. The predicted molar refractivity (Wildman–Crippen MR) is 140 cm³/mol. The lowest BCUT2D eigenvalue weighted by molar-refractivity contribution is -0.122. The Morgan fingerprint density at radius 3 is 2.40 bits per heavy atom. The molecule has 4 rings (SSSR count). The van der Waals surface area contributed by atoms with Crippen molar-refractivity contribution in [3.8, 4) is 11.5 Å². The minimum Gasteiger partial charge on any atom is -0.493 e. The summed E-state index contributed by atoms with van der Waals surface area (Å²) >= 11 is 5.69. The van der Waals surface area contributed by atoms with Gasteiger partial charge in [0.1, 0.15) is 18.0 Å². The zero-order chi connectivity index (χ0) is 25.1. The third-order valence-electron chi connectivity index (χ3n) is 5.05. The van der Waals surface area contributed by atoms with Crippen molar-refractivity contribution in [1.29, 1.82) is 0 Å². The van der Waals surface area contributed by atoms with Crippen LogP contribution in [-0.2, 0) is 16.2 Å². The minimum absolute atomic E-state index is 0.130. The van der Waals surface area contributed by atoms with Gasteiger partial charge in [-0.3, -0.25) is 14.9 Å². The second-order valence-corrected chi connectivity index (χ2v) is 9.48. The van der Waals surface area contributed by atoms with Crippen LogP contribution in [0.1, 0.15) is 11.1 Å². The molecule has 7 nitrogen and oxygen atoms in total. The number of halogens is 3. The topological polar surface area (TPSA) is 84.9 Å². The minimum atomic E-state index is -0.915. The number of barbiturate groups is 1. The van der Waals surface area contributed by atoms with Gasteiger partial charge in [0.2, 0.25) is 0 Å². The van der Waals surface area contributed by atoms with E-state index >= 15 is 0 Å². The first-order valence-electron chi connectivity index (χ1n) is 10.2. The first-order chi connectivity index (χ1) is 16.8. The number of urea groups is 1. The number of carbonyl (C=O) groups excluding carboxylic acids is 3. The van der Waals surface area contributed by atoms with Crippen molar-refractivity contribution in [2.75, 3.05) is 12.0 Å². The smallest absolute Gasteiger partial charge is 0.335 e. The molecule has 3 aromatic carbocycles. The predicted octanol–water partition coefficient (Wildman–Crippen LogP) is 5.45. The first kappa shape index (κ1) is 24.9. The summed E-state index contributed by atoms with van der Waals surface area (Å²) in [6.45, 7) is 0.307. The third-order valence-corrected chi connectivity index (χ3v) is 6.35. The van der Waals surface area contributed by atoms with Gasteiger partial charge in [-0.25, -0.2) is 14.1 Å². The highest BCUT2D eigenvalue weighted by molar-refractivity contribution is 14.1. The van der Waals surface area contributed by atoms with Gasteiger partial charge in [0.05, 0.1) is 17.3 Å². The Bertz CT molecular complexity index is 1340. The van der Waals surface area contributed by atoms with Crippen molar-refractivity contribution >= 4 is 68.1 Å². The maximum Gasteiger partial charge on any atom is 0.335 e. The molecule has 1 saturated heterocycles. The van der Waals surface area contributed by atoms with E-state index in [2.05, 4.69) is 43.8 Å². The number of nitrogens with zero attached hydrogens (tertiary/aromatic N) is 1. The highest BCUT2D eigenvalue weighted by atomic mass is 127. The summed E-state index contributed by atoms with van der Waals surface area (Å²) < 4.78 is 26.4. The molecule has 1 N–H and O–H groups in total. The molecular weight excluding hydrogens is 634 g/mol. The van der Waals surface area contributed by atoms with Gasteiger partial charge in [-0.2, -0.15) is 0 Å². The van der Waals surface area contributed by atoms with Gasteiger partial charge in [0.25, 0.3) is 11.8 Å². The van der Waals surface area contributed by atoms with Crippen molar-refractivity contribution in [2.45, 2.75) is 6.61 Å². The molecule has 0 atom stereocenters. The fourth-order valence-corrected chi connectivity index (χ4v) is 4.28. The summed E-state index contributed by atoms with van der Waals surface area (Å²) in [5.41, 5.74) is 1.30. The molecule has 0 saturated carbocycles. The Morgan fingerprint density at radius 2 is 1.74 bits per heavy atom. The van der Waals surface area contributed by atoms with Crippen molar-refractivity contribution in [3.05, 3.63) is 91.2 Å². The van der Waals surface area contributed by atoms with E-state index in [0.717, 1.165) is 26.2 Å². The molecule has 1 fully saturated rings. The Labute approximate surface area is 222 Å². The molecule has 1 aliphatic rings. The molecule has 0 radical (unpaired) electrons. The van der Waals surface area contributed by atoms with Crippen LogP contribution in [0.15, 0.2) is 70.7 Å². The quantitative estimate of drug-likeness (QED) is 0.218. The number of carbonyl (C=O) groups is 3. The van der Waals surface area contributed by atoms with Crippen LogP contribution in [0.5, 0.6) is 11.5 Å². The zero-order valence-electron chi connectivity index (χ0n) is 18.2. The fraction of sp³-hybridized carbons (Fsp3) is 0.0800. The van der Waals surface area contributed by atoms with E-state index in [0.29, 0.717) is 28.1 Å². The Morgan fingerprint density at radius 1 is 1.06 bits per heavy atom. The van der Waals surface area contributed by atoms with Crippen molar-refractivity contribution < 1.29 is 28.2 Å². The molecule has 0 bridgehead atoms. The van der Waals surface area contributed by atoms with Gasteiger partial charge >= 0.3 is 6.03 Å². The average molecular weight is 651 g/mol. The monoisotopic (exact) mass is 650 g/mol. The summed E-state index contributed by atoms with van der Waals surface area (Å²) in [7, 11) is 1.48. The molecule has 3 aromatic rings. The van der Waals surface area contributed by atoms with Gasteiger partial charge in [0.15, 0.2) is 11.5 Å². The van der Waals surface area contributed by atoms with Crippen LogP contribution in [0.25, 0.3) is 6.08 Å². The molecule has 4 amide bonds. The molecule has 10 heteroatoms. The second-order valence-electron chi connectivity index (χ2n) is 7.38. The van der Waals surface area contributed by atoms with Crippen LogP contribution < -0.4 is 19.7 Å². The maximum atomic E-state index is 13.3. The molecule has 1 heterocycles. The van der Waals surface area contributed by atoms with Gasteiger partial charge in [-0.15, -0.1) is 0 Å². The highest BCUT2D eigenvalue weighted by Gasteiger charge is 2.36. The molecular formula is C25H17BrFIN2O5. The molecule has 178 valence electrons. The first-order valence-corrected chi connectivity index (χ1v) is 12.1. The Balaban J connectivity index is 1.63. The molecule has 0 aliphatic carbocycles. The van der Waals surface area contributed by atoms with Crippen LogP contribution in [0.3, 0.4) is 0 Å². The van der Waals surface area contributed by atoms with Crippen LogP contribution in [0.4, 0.5) is 14.9 Å². The summed E-state index contributed by atoms with van der Waals surface area (Å²) in [5.74, 6) is -1.36. The fourth-order valence-electron chi connectivity index (χ4n) is 3.35.